The topological polar surface area (TPSA) is 64.0 Å². The van der Waals surface area contributed by atoms with Crippen LogP contribution in [0.5, 0.6) is 11.5 Å². The first-order valence-corrected chi connectivity index (χ1v) is 10.1. The number of piperazine rings is 1. The lowest BCUT2D eigenvalue weighted by Gasteiger charge is -2.36. The van der Waals surface area contributed by atoms with Crippen molar-refractivity contribution in [3.8, 4) is 17.2 Å². The van der Waals surface area contributed by atoms with Crippen LogP contribution in [0, 0.1) is 0 Å². The quantitative estimate of drug-likeness (QED) is 0.636. The van der Waals surface area contributed by atoms with Gasteiger partial charge in [-0.15, -0.1) is 0 Å². The van der Waals surface area contributed by atoms with Crippen LogP contribution in [0.2, 0.25) is 0 Å². The van der Waals surface area contributed by atoms with Crippen molar-refractivity contribution < 1.29 is 14.3 Å². The standard InChI is InChI=1S/C24H25N3O4/c1-30-20-10-8-19(9-11-20)27-17-18(7-12-23(27)28)24(29)26-15-13-25(14-16-26)21-5-3-4-6-22(21)31-2/h3-12,17H,13-16H2,1-2H3. The van der Waals surface area contributed by atoms with Crippen molar-refractivity contribution in [2.75, 3.05) is 45.3 Å². The number of methoxy groups -OCH3 is 2. The monoisotopic (exact) mass is 419 g/mol. The molecule has 3 aromatic rings. The van der Waals surface area contributed by atoms with Crippen LogP contribution in [-0.4, -0.2) is 55.8 Å². The number of aromatic nitrogens is 1. The van der Waals surface area contributed by atoms with Crippen molar-refractivity contribution in [1.29, 1.82) is 0 Å². The van der Waals surface area contributed by atoms with Gasteiger partial charge in [-0.1, -0.05) is 12.1 Å². The van der Waals surface area contributed by atoms with E-state index in [9.17, 15) is 9.59 Å². The molecule has 0 aliphatic carbocycles. The van der Waals surface area contributed by atoms with E-state index in [4.69, 9.17) is 9.47 Å². The fraction of sp³-hybridized carbons (Fsp3) is 0.250. The number of nitrogens with zero attached hydrogens (tertiary/aromatic N) is 3. The second-order valence-electron chi connectivity index (χ2n) is 7.28. The molecule has 160 valence electrons. The molecule has 2 aromatic carbocycles. The van der Waals surface area contributed by atoms with Gasteiger partial charge in [0.05, 0.1) is 25.5 Å². The molecule has 1 aliphatic rings. The Bertz CT molecular complexity index is 1120. The Hall–Kier alpha value is -3.74. The maximum atomic E-state index is 13.1. The molecule has 0 radical (unpaired) electrons. The molecule has 0 N–H and O–H groups in total. The molecular formula is C24H25N3O4. The number of carbonyl (C=O) groups excluding carboxylic acids is 1. The summed E-state index contributed by atoms with van der Waals surface area (Å²) in [6.45, 7) is 2.62. The molecule has 31 heavy (non-hydrogen) atoms. The maximum absolute atomic E-state index is 13.1. The van der Waals surface area contributed by atoms with Crippen molar-refractivity contribution in [2.24, 2.45) is 0 Å². The van der Waals surface area contributed by atoms with Gasteiger partial charge in [0, 0.05) is 44.1 Å². The van der Waals surface area contributed by atoms with Crippen LogP contribution in [0.15, 0.2) is 71.7 Å². The molecule has 0 bridgehead atoms. The van der Waals surface area contributed by atoms with Crippen LogP contribution >= 0.6 is 0 Å². The molecule has 1 aliphatic heterocycles. The van der Waals surface area contributed by atoms with Gasteiger partial charge in [-0.3, -0.25) is 14.2 Å². The minimum atomic E-state index is -0.192. The zero-order valence-electron chi connectivity index (χ0n) is 17.7. The lowest BCUT2D eigenvalue weighted by molar-refractivity contribution is 0.0746. The first-order chi connectivity index (χ1) is 15.1. The third-order valence-electron chi connectivity index (χ3n) is 5.50. The minimum Gasteiger partial charge on any atom is -0.497 e. The van der Waals surface area contributed by atoms with E-state index in [2.05, 4.69) is 4.90 Å². The number of anilines is 1. The van der Waals surface area contributed by atoms with Gasteiger partial charge < -0.3 is 19.3 Å². The average molecular weight is 419 g/mol. The van der Waals surface area contributed by atoms with Crippen LogP contribution in [0.1, 0.15) is 10.4 Å². The summed E-state index contributed by atoms with van der Waals surface area (Å²) in [6, 6.07) is 18.1. The Morgan fingerprint density at radius 3 is 2.23 bits per heavy atom. The van der Waals surface area contributed by atoms with Gasteiger partial charge in [0.25, 0.3) is 11.5 Å². The second kappa shape index (κ2) is 8.95. The Kier molecular flexibility index (Phi) is 5.93. The molecule has 2 heterocycles. The normalized spacial score (nSPS) is 13.7. The molecule has 1 amide bonds. The van der Waals surface area contributed by atoms with E-state index in [-0.39, 0.29) is 11.5 Å². The Balaban J connectivity index is 1.49. The van der Waals surface area contributed by atoms with Gasteiger partial charge in [0.1, 0.15) is 11.5 Å². The molecule has 0 spiro atoms. The Morgan fingerprint density at radius 1 is 0.839 bits per heavy atom. The Morgan fingerprint density at radius 2 is 1.55 bits per heavy atom. The van der Waals surface area contributed by atoms with Gasteiger partial charge >= 0.3 is 0 Å². The summed E-state index contributed by atoms with van der Waals surface area (Å²) in [5, 5.41) is 0. The highest BCUT2D eigenvalue weighted by atomic mass is 16.5. The fourth-order valence-electron chi connectivity index (χ4n) is 3.78. The molecule has 4 rings (SSSR count). The van der Waals surface area contributed by atoms with Crippen LogP contribution < -0.4 is 19.9 Å². The number of para-hydroxylation sites is 2. The van der Waals surface area contributed by atoms with E-state index in [0.29, 0.717) is 43.2 Å². The predicted octanol–water partition coefficient (Wildman–Crippen LogP) is 2.82. The Labute approximate surface area is 181 Å². The molecule has 0 unspecified atom stereocenters. The molecule has 0 atom stereocenters. The summed E-state index contributed by atoms with van der Waals surface area (Å²) < 4.78 is 12.1. The first-order valence-electron chi connectivity index (χ1n) is 10.1. The van der Waals surface area contributed by atoms with Gasteiger partial charge in [-0.25, -0.2) is 0 Å². The number of carbonyl (C=O) groups is 1. The summed E-state index contributed by atoms with van der Waals surface area (Å²) in [5.74, 6) is 1.45. The number of ether oxygens (including phenoxy) is 2. The van der Waals surface area contributed by atoms with Crippen LogP contribution in [-0.2, 0) is 0 Å². The van der Waals surface area contributed by atoms with Gasteiger partial charge in [-0.05, 0) is 42.5 Å². The zero-order chi connectivity index (χ0) is 21.8. The van der Waals surface area contributed by atoms with Crippen molar-refractivity contribution in [3.63, 3.8) is 0 Å². The molecule has 1 aromatic heterocycles. The largest absolute Gasteiger partial charge is 0.497 e. The van der Waals surface area contributed by atoms with Gasteiger partial charge in [0.2, 0.25) is 0 Å². The van der Waals surface area contributed by atoms with Gasteiger partial charge in [-0.2, -0.15) is 0 Å². The minimum absolute atomic E-state index is 0.0815. The molecular weight excluding hydrogens is 394 g/mol. The first kappa shape index (κ1) is 20.5. The third kappa shape index (κ3) is 4.26. The van der Waals surface area contributed by atoms with Crippen molar-refractivity contribution in [2.45, 2.75) is 0 Å². The number of hydrogen-bond donors (Lipinski definition) is 0. The number of pyridine rings is 1. The van der Waals surface area contributed by atoms with E-state index in [1.165, 1.54) is 10.6 Å². The van der Waals surface area contributed by atoms with Crippen LogP contribution in [0.4, 0.5) is 5.69 Å². The third-order valence-corrected chi connectivity index (χ3v) is 5.50. The van der Waals surface area contributed by atoms with E-state index in [1.807, 2.05) is 29.2 Å². The number of amides is 1. The highest BCUT2D eigenvalue weighted by Crippen LogP contribution is 2.28. The van der Waals surface area contributed by atoms with E-state index < -0.39 is 0 Å². The van der Waals surface area contributed by atoms with Gasteiger partial charge in [0.15, 0.2) is 0 Å². The summed E-state index contributed by atoms with van der Waals surface area (Å²) in [6.07, 6.45) is 1.61. The highest BCUT2D eigenvalue weighted by molar-refractivity contribution is 5.94. The fourth-order valence-corrected chi connectivity index (χ4v) is 3.78. The lowest BCUT2D eigenvalue weighted by atomic mass is 10.2. The van der Waals surface area contributed by atoms with Crippen LogP contribution in [0.25, 0.3) is 5.69 Å². The van der Waals surface area contributed by atoms with Crippen molar-refractivity contribution >= 4 is 11.6 Å². The molecule has 7 heteroatoms. The highest BCUT2D eigenvalue weighted by Gasteiger charge is 2.24. The number of rotatable bonds is 5. The molecule has 0 saturated carbocycles. The number of benzene rings is 2. The summed E-state index contributed by atoms with van der Waals surface area (Å²) in [7, 11) is 3.25. The summed E-state index contributed by atoms with van der Waals surface area (Å²) >= 11 is 0. The molecule has 1 saturated heterocycles. The van der Waals surface area contributed by atoms with E-state index >= 15 is 0 Å². The average Bonchev–Trinajstić information content (AvgIpc) is 2.84. The van der Waals surface area contributed by atoms with Crippen molar-refractivity contribution in [1.82, 2.24) is 9.47 Å². The van der Waals surface area contributed by atoms with Crippen LogP contribution in [0.3, 0.4) is 0 Å². The van der Waals surface area contributed by atoms with E-state index in [0.717, 1.165) is 11.4 Å². The summed E-state index contributed by atoms with van der Waals surface area (Å²) in [4.78, 5) is 29.5. The predicted molar refractivity (Wildman–Crippen MR) is 120 cm³/mol. The number of hydrogen-bond acceptors (Lipinski definition) is 5. The SMILES string of the molecule is COc1ccc(-n2cc(C(=O)N3CCN(c4ccccc4OC)CC3)ccc2=O)cc1. The van der Waals surface area contributed by atoms with Crippen molar-refractivity contribution in [3.05, 3.63) is 82.8 Å². The maximum Gasteiger partial charge on any atom is 0.255 e. The molecule has 1 fully saturated rings. The smallest absolute Gasteiger partial charge is 0.255 e. The van der Waals surface area contributed by atoms with E-state index in [1.54, 1.807) is 50.7 Å². The summed E-state index contributed by atoms with van der Waals surface area (Å²) in [5.41, 5.74) is 2.01. The molecule has 7 nitrogen and oxygen atoms in total. The zero-order valence-corrected chi connectivity index (χ0v) is 17.7. The lowest BCUT2D eigenvalue weighted by Crippen LogP contribution is -2.49. The second-order valence-corrected chi connectivity index (χ2v) is 7.28.